The second-order valence-corrected chi connectivity index (χ2v) is 6.95. The average Bonchev–Trinajstić information content (AvgIpc) is 2.89. The molecule has 6 nitrogen and oxygen atoms in total. The Morgan fingerprint density at radius 1 is 1.25 bits per heavy atom. The number of rotatable bonds is 4. The molecule has 0 aromatic heterocycles. The fraction of sp³-hybridized carbons (Fsp3) is 0.529. The van der Waals surface area contributed by atoms with E-state index in [1.807, 2.05) is 20.8 Å². The molecule has 1 heterocycles. The maximum atomic E-state index is 12.4. The third-order valence-electron chi connectivity index (χ3n) is 3.93. The monoisotopic (exact) mass is 355 g/mol. The molecule has 2 unspecified atom stereocenters. The molecule has 0 radical (unpaired) electrons. The van der Waals surface area contributed by atoms with Crippen LogP contribution in [0.5, 0.6) is 0 Å². The molecular weight excluding hydrogens is 330 g/mol. The molecule has 0 saturated carbocycles. The van der Waals surface area contributed by atoms with Crippen molar-refractivity contribution in [2.45, 2.75) is 26.9 Å². The number of amides is 2. The van der Waals surface area contributed by atoms with E-state index in [9.17, 15) is 14.7 Å². The molecule has 7 heteroatoms. The van der Waals surface area contributed by atoms with Crippen LogP contribution in [0.15, 0.2) is 24.3 Å². The number of aliphatic hydroxyl groups excluding tert-OH is 1. The van der Waals surface area contributed by atoms with Crippen LogP contribution in [-0.2, 0) is 4.79 Å². The highest BCUT2D eigenvalue weighted by Gasteiger charge is 2.26. The number of para-hydroxylation sites is 1. The second kappa shape index (κ2) is 8.46. The van der Waals surface area contributed by atoms with Crippen LogP contribution in [0.3, 0.4) is 0 Å². The molecule has 2 atom stereocenters. The van der Waals surface area contributed by atoms with Gasteiger partial charge in [0.05, 0.1) is 17.4 Å². The number of hydrogen-bond acceptors (Lipinski definition) is 4. The van der Waals surface area contributed by atoms with Crippen LogP contribution in [0, 0.1) is 11.3 Å². The number of nitrogens with one attached hydrogen (secondary N) is 3. The van der Waals surface area contributed by atoms with Gasteiger partial charge >= 0.3 is 0 Å². The molecule has 1 saturated heterocycles. The van der Waals surface area contributed by atoms with Crippen molar-refractivity contribution in [3.63, 3.8) is 0 Å². The predicted molar refractivity (Wildman–Crippen MR) is 96.5 cm³/mol. The first-order chi connectivity index (χ1) is 10.8. The highest BCUT2D eigenvalue weighted by atomic mass is 35.5. The van der Waals surface area contributed by atoms with Crippen LogP contribution in [0.25, 0.3) is 0 Å². The van der Waals surface area contributed by atoms with Crippen LogP contribution in [0.2, 0.25) is 0 Å². The number of anilines is 1. The number of halogens is 1. The van der Waals surface area contributed by atoms with Crippen LogP contribution in [-0.4, -0.2) is 42.7 Å². The molecule has 1 aliphatic heterocycles. The standard InChI is InChI=1S/C17H25N3O3.ClH/c1-17(2,3)16(23)20-13-7-5-4-6-12(13)15(22)19-9-11-8-18-10-14(11)21;/h4-7,11,14,18,21H,8-10H2,1-3H3,(H,19,22)(H,20,23);1H. The first-order valence-corrected chi connectivity index (χ1v) is 7.86. The third kappa shape index (κ3) is 5.19. The number of carbonyl (C=O) groups is 2. The van der Waals surface area contributed by atoms with Crippen molar-refractivity contribution >= 4 is 29.9 Å². The van der Waals surface area contributed by atoms with Crippen LogP contribution < -0.4 is 16.0 Å². The first-order valence-electron chi connectivity index (χ1n) is 7.86. The largest absolute Gasteiger partial charge is 0.391 e. The molecule has 2 rings (SSSR count). The van der Waals surface area contributed by atoms with Gasteiger partial charge in [-0.15, -0.1) is 12.4 Å². The van der Waals surface area contributed by atoms with E-state index in [0.29, 0.717) is 30.9 Å². The molecule has 134 valence electrons. The van der Waals surface area contributed by atoms with Crippen molar-refractivity contribution in [2.75, 3.05) is 25.0 Å². The van der Waals surface area contributed by atoms with Gasteiger partial charge in [-0.1, -0.05) is 32.9 Å². The van der Waals surface area contributed by atoms with Crippen molar-refractivity contribution in [3.8, 4) is 0 Å². The van der Waals surface area contributed by atoms with E-state index in [1.54, 1.807) is 24.3 Å². The van der Waals surface area contributed by atoms with Crippen molar-refractivity contribution in [1.29, 1.82) is 0 Å². The van der Waals surface area contributed by atoms with E-state index in [4.69, 9.17) is 0 Å². The SMILES string of the molecule is CC(C)(C)C(=O)Nc1ccccc1C(=O)NCC1CNCC1O.Cl. The molecule has 0 aliphatic carbocycles. The van der Waals surface area contributed by atoms with E-state index < -0.39 is 11.5 Å². The summed E-state index contributed by atoms with van der Waals surface area (Å²) in [7, 11) is 0. The molecule has 1 aromatic carbocycles. The van der Waals surface area contributed by atoms with Gasteiger partial charge in [-0.25, -0.2) is 0 Å². The summed E-state index contributed by atoms with van der Waals surface area (Å²) in [6.45, 7) is 7.09. The van der Waals surface area contributed by atoms with Crippen LogP contribution in [0.4, 0.5) is 5.69 Å². The normalized spacial score (nSPS) is 20.2. The maximum absolute atomic E-state index is 12.4. The zero-order chi connectivity index (χ0) is 17.0. The smallest absolute Gasteiger partial charge is 0.253 e. The van der Waals surface area contributed by atoms with Gasteiger partial charge in [0.1, 0.15) is 0 Å². The van der Waals surface area contributed by atoms with Crippen LogP contribution in [0.1, 0.15) is 31.1 Å². The predicted octanol–water partition coefficient (Wildman–Crippen LogP) is 1.40. The lowest BCUT2D eigenvalue weighted by Gasteiger charge is -2.19. The Bertz CT molecular complexity index is 587. The molecule has 0 bridgehead atoms. The van der Waals surface area contributed by atoms with Gasteiger partial charge in [-0.3, -0.25) is 9.59 Å². The summed E-state index contributed by atoms with van der Waals surface area (Å²) in [4.78, 5) is 24.5. The average molecular weight is 356 g/mol. The number of carbonyl (C=O) groups excluding carboxylic acids is 2. The molecule has 1 aromatic rings. The minimum Gasteiger partial charge on any atom is -0.391 e. The first kappa shape index (κ1) is 20.4. The molecular formula is C17H26ClN3O3. The van der Waals surface area contributed by atoms with E-state index in [0.717, 1.165) is 0 Å². The van der Waals surface area contributed by atoms with Gasteiger partial charge in [-0.05, 0) is 12.1 Å². The van der Waals surface area contributed by atoms with Crippen molar-refractivity contribution in [1.82, 2.24) is 10.6 Å². The topological polar surface area (TPSA) is 90.5 Å². The molecule has 1 fully saturated rings. The van der Waals surface area contributed by atoms with Gasteiger partial charge in [0, 0.05) is 31.0 Å². The van der Waals surface area contributed by atoms with Gasteiger partial charge < -0.3 is 21.1 Å². The zero-order valence-electron chi connectivity index (χ0n) is 14.3. The minimum atomic E-state index is -0.538. The summed E-state index contributed by atoms with van der Waals surface area (Å²) in [6, 6.07) is 6.93. The fourth-order valence-corrected chi connectivity index (χ4v) is 2.35. The number of β-amino-alcohol motifs (C(OH)–C–C–N with tert-alkyl or cyclic N) is 1. The highest BCUT2D eigenvalue weighted by Crippen LogP contribution is 2.20. The summed E-state index contributed by atoms with van der Waals surface area (Å²) in [5.74, 6) is -0.391. The van der Waals surface area contributed by atoms with Crippen molar-refractivity contribution in [2.24, 2.45) is 11.3 Å². The summed E-state index contributed by atoms with van der Waals surface area (Å²) >= 11 is 0. The third-order valence-corrected chi connectivity index (χ3v) is 3.93. The lowest BCUT2D eigenvalue weighted by Crippen LogP contribution is -2.35. The molecule has 2 amide bonds. The lowest BCUT2D eigenvalue weighted by atomic mass is 9.95. The quantitative estimate of drug-likeness (QED) is 0.657. The zero-order valence-corrected chi connectivity index (χ0v) is 15.1. The van der Waals surface area contributed by atoms with Crippen molar-refractivity contribution < 1.29 is 14.7 Å². The van der Waals surface area contributed by atoms with E-state index in [1.165, 1.54) is 0 Å². The van der Waals surface area contributed by atoms with Crippen molar-refractivity contribution in [3.05, 3.63) is 29.8 Å². The Morgan fingerprint density at radius 3 is 2.50 bits per heavy atom. The van der Waals surface area contributed by atoms with E-state index in [-0.39, 0.29) is 30.1 Å². The van der Waals surface area contributed by atoms with Gasteiger partial charge in [0.2, 0.25) is 5.91 Å². The molecule has 0 spiro atoms. The Morgan fingerprint density at radius 2 is 1.92 bits per heavy atom. The molecule has 24 heavy (non-hydrogen) atoms. The molecule has 4 N–H and O–H groups in total. The van der Waals surface area contributed by atoms with E-state index in [2.05, 4.69) is 16.0 Å². The number of hydrogen-bond donors (Lipinski definition) is 4. The summed E-state index contributed by atoms with van der Waals surface area (Å²) < 4.78 is 0. The maximum Gasteiger partial charge on any atom is 0.253 e. The van der Waals surface area contributed by atoms with Gasteiger partial charge in [-0.2, -0.15) is 0 Å². The van der Waals surface area contributed by atoms with Crippen LogP contribution >= 0.6 is 12.4 Å². The van der Waals surface area contributed by atoms with Gasteiger partial charge in [0.15, 0.2) is 0 Å². The van der Waals surface area contributed by atoms with Gasteiger partial charge in [0.25, 0.3) is 5.91 Å². The second-order valence-electron chi connectivity index (χ2n) is 6.95. The number of benzene rings is 1. The lowest BCUT2D eigenvalue weighted by molar-refractivity contribution is -0.123. The minimum absolute atomic E-state index is 0. The Balaban J connectivity index is 0.00000288. The fourth-order valence-electron chi connectivity index (χ4n) is 2.35. The highest BCUT2D eigenvalue weighted by molar-refractivity contribution is 6.04. The molecule has 1 aliphatic rings. The summed E-state index contributed by atoms with van der Waals surface area (Å²) in [5.41, 5.74) is 0.379. The Hall–Kier alpha value is -1.63. The Labute approximate surface area is 148 Å². The van der Waals surface area contributed by atoms with E-state index >= 15 is 0 Å². The Kier molecular flexibility index (Phi) is 7.20. The summed E-state index contributed by atoms with van der Waals surface area (Å²) in [5, 5.41) is 18.5. The number of aliphatic hydroxyl groups is 1. The summed E-state index contributed by atoms with van der Waals surface area (Å²) in [6.07, 6.45) is -0.439.